The Hall–Kier alpha value is -1.49. The second kappa shape index (κ2) is 6.31. The summed E-state index contributed by atoms with van der Waals surface area (Å²) >= 11 is 0. The second-order valence-corrected chi connectivity index (χ2v) is 5.75. The average Bonchev–Trinajstić information content (AvgIpc) is 2.41. The van der Waals surface area contributed by atoms with E-state index in [1.54, 1.807) is 12.1 Å². The fourth-order valence-electron chi connectivity index (χ4n) is 3.17. The summed E-state index contributed by atoms with van der Waals surface area (Å²) in [5, 5.41) is 10.8. The van der Waals surface area contributed by atoms with Gasteiger partial charge in [-0.1, -0.05) is 31.9 Å². The maximum atomic E-state index is 14.1. The van der Waals surface area contributed by atoms with Crippen LogP contribution < -0.4 is 0 Å². The lowest BCUT2D eigenvalue weighted by molar-refractivity contribution is -0.387. The number of rotatable bonds is 4. The summed E-state index contributed by atoms with van der Waals surface area (Å²) in [6.45, 7) is 2.65. The van der Waals surface area contributed by atoms with Crippen LogP contribution in [0.1, 0.15) is 38.2 Å². The average molecular weight is 280 g/mol. The molecule has 2 rings (SSSR count). The van der Waals surface area contributed by atoms with Crippen LogP contribution in [0.15, 0.2) is 18.2 Å². The van der Waals surface area contributed by atoms with Crippen LogP contribution in [0, 0.1) is 21.8 Å². The minimum Gasteiger partial charge on any atom is -0.299 e. The zero-order valence-electron chi connectivity index (χ0n) is 12.0. The van der Waals surface area contributed by atoms with E-state index in [1.807, 2.05) is 7.05 Å². The molecule has 0 saturated heterocycles. The Morgan fingerprint density at radius 3 is 2.75 bits per heavy atom. The summed E-state index contributed by atoms with van der Waals surface area (Å²) < 4.78 is 14.1. The molecule has 1 saturated carbocycles. The van der Waals surface area contributed by atoms with E-state index in [-0.39, 0.29) is 0 Å². The minimum atomic E-state index is -0.701. The van der Waals surface area contributed by atoms with Crippen molar-refractivity contribution in [1.82, 2.24) is 4.90 Å². The maximum Gasteiger partial charge on any atom is 0.305 e. The summed E-state index contributed by atoms with van der Waals surface area (Å²) in [6, 6.07) is 4.82. The highest BCUT2D eigenvalue weighted by molar-refractivity contribution is 5.36. The third-order valence-electron chi connectivity index (χ3n) is 4.31. The number of nitrogens with zero attached hydrogens (tertiary/aromatic N) is 2. The summed E-state index contributed by atoms with van der Waals surface area (Å²) in [5.41, 5.74) is -0.0351. The Morgan fingerprint density at radius 2 is 2.10 bits per heavy atom. The standard InChI is InChI=1S/C15H21FN2O2/c1-11-6-3-4-8-13(11)17(2)10-12-7-5-9-14(15(12)16)18(19)20/h5,7,9,11,13H,3-4,6,8,10H2,1-2H3. The van der Waals surface area contributed by atoms with Crippen LogP contribution >= 0.6 is 0 Å². The second-order valence-electron chi connectivity index (χ2n) is 5.75. The summed E-state index contributed by atoms with van der Waals surface area (Å²) in [5.74, 6) is -0.108. The topological polar surface area (TPSA) is 46.4 Å². The van der Waals surface area contributed by atoms with Crippen LogP contribution in [0.3, 0.4) is 0 Å². The molecule has 5 heteroatoms. The molecule has 0 amide bonds. The first kappa shape index (κ1) is 14.9. The van der Waals surface area contributed by atoms with Gasteiger partial charge in [-0.15, -0.1) is 0 Å². The van der Waals surface area contributed by atoms with Crippen LogP contribution in [-0.4, -0.2) is 22.9 Å². The van der Waals surface area contributed by atoms with E-state index in [4.69, 9.17) is 0 Å². The van der Waals surface area contributed by atoms with Gasteiger partial charge in [0.05, 0.1) is 4.92 Å². The van der Waals surface area contributed by atoms with Gasteiger partial charge < -0.3 is 0 Å². The molecule has 4 nitrogen and oxygen atoms in total. The number of nitro groups is 1. The lowest BCUT2D eigenvalue weighted by Crippen LogP contribution is -2.38. The summed E-state index contributed by atoms with van der Waals surface area (Å²) in [7, 11) is 1.98. The van der Waals surface area contributed by atoms with E-state index in [9.17, 15) is 14.5 Å². The zero-order chi connectivity index (χ0) is 14.7. The van der Waals surface area contributed by atoms with E-state index in [0.29, 0.717) is 24.1 Å². The Bertz CT molecular complexity index is 493. The molecular weight excluding hydrogens is 259 g/mol. The van der Waals surface area contributed by atoms with Gasteiger partial charge in [0.2, 0.25) is 5.82 Å². The molecule has 0 radical (unpaired) electrons. The number of hydrogen-bond acceptors (Lipinski definition) is 3. The molecule has 0 aliphatic heterocycles. The third kappa shape index (κ3) is 3.15. The van der Waals surface area contributed by atoms with Gasteiger partial charge in [0.1, 0.15) is 0 Å². The van der Waals surface area contributed by atoms with Crippen LogP contribution in [0.2, 0.25) is 0 Å². The van der Waals surface area contributed by atoms with Gasteiger partial charge >= 0.3 is 5.69 Å². The van der Waals surface area contributed by atoms with Crippen LogP contribution in [-0.2, 0) is 6.54 Å². The van der Waals surface area contributed by atoms with Gasteiger partial charge in [0.15, 0.2) is 0 Å². The van der Waals surface area contributed by atoms with E-state index < -0.39 is 16.4 Å². The number of halogens is 1. The predicted octanol–water partition coefficient (Wildman–Crippen LogP) is 3.74. The van der Waals surface area contributed by atoms with Crippen LogP contribution in [0.4, 0.5) is 10.1 Å². The summed E-state index contributed by atoms with van der Waals surface area (Å²) in [6.07, 6.45) is 4.79. The molecule has 1 fully saturated rings. The molecule has 1 aromatic carbocycles. The van der Waals surface area contributed by atoms with Crippen LogP contribution in [0.5, 0.6) is 0 Å². The van der Waals surface area contributed by atoms with E-state index >= 15 is 0 Å². The van der Waals surface area contributed by atoms with Gasteiger partial charge in [-0.05, 0) is 25.8 Å². The van der Waals surface area contributed by atoms with E-state index in [0.717, 1.165) is 6.42 Å². The molecule has 0 bridgehead atoms. The molecule has 0 spiro atoms. The van der Waals surface area contributed by atoms with Crippen molar-refractivity contribution in [2.45, 2.75) is 45.2 Å². The van der Waals surface area contributed by atoms with E-state index in [2.05, 4.69) is 11.8 Å². The van der Waals surface area contributed by atoms with Gasteiger partial charge in [0, 0.05) is 24.2 Å². The van der Waals surface area contributed by atoms with Gasteiger partial charge in [-0.2, -0.15) is 4.39 Å². The Labute approximate surface area is 118 Å². The van der Waals surface area contributed by atoms with Crippen molar-refractivity contribution in [2.75, 3.05) is 7.05 Å². The molecule has 0 N–H and O–H groups in total. The van der Waals surface area contributed by atoms with Crippen molar-refractivity contribution >= 4 is 5.69 Å². The van der Waals surface area contributed by atoms with Crippen molar-refractivity contribution in [1.29, 1.82) is 0 Å². The van der Waals surface area contributed by atoms with Crippen molar-refractivity contribution in [3.05, 3.63) is 39.7 Å². The van der Waals surface area contributed by atoms with Crippen molar-refractivity contribution in [2.24, 2.45) is 5.92 Å². The molecule has 2 atom stereocenters. The fraction of sp³-hybridized carbons (Fsp3) is 0.600. The Morgan fingerprint density at radius 1 is 1.40 bits per heavy atom. The maximum absolute atomic E-state index is 14.1. The van der Waals surface area contributed by atoms with Crippen molar-refractivity contribution in [3.63, 3.8) is 0 Å². The van der Waals surface area contributed by atoms with Crippen LogP contribution in [0.25, 0.3) is 0 Å². The van der Waals surface area contributed by atoms with Gasteiger partial charge in [-0.25, -0.2) is 0 Å². The summed E-state index contributed by atoms with van der Waals surface area (Å²) in [4.78, 5) is 12.2. The zero-order valence-corrected chi connectivity index (χ0v) is 12.0. The molecule has 1 aromatic rings. The largest absolute Gasteiger partial charge is 0.305 e. The molecule has 110 valence electrons. The minimum absolute atomic E-state index is 0.402. The monoisotopic (exact) mass is 280 g/mol. The highest BCUT2D eigenvalue weighted by atomic mass is 19.1. The van der Waals surface area contributed by atoms with E-state index in [1.165, 1.54) is 25.3 Å². The van der Waals surface area contributed by atoms with Crippen molar-refractivity contribution in [3.8, 4) is 0 Å². The first-order chi connectivity index (χ1) is 9.50. The SMILES string of the molecule is CC1CCCCC1N(C)Cc1cccc([N+](=O)[O-])c1F. The highest BCUT2D eigenvalue weighted by Gasteiger charge is 2.26. The molecule has 2 unspecified atom stereocenters. The smallest absolute Gasteiger partial charge is 0.299 e. The number of nitro benzene ring substituents is 1. The number of benzene rings is 1. The molecule has 1 aliphatic carbocycles. The lowest BCUT2D eigenvalue weighted by Gasteiger charge is -2.36. The van der Waals surface area contributed by atoms with Crippen molar-refractivity contribution < 1.29 is 9.31 Å². The quantitative estimate of drug-likeness (QED) is 0.623. The first-order valence-electron chi connectivity index (χ1n) is 7.12. The highest BCUT2D eigenvalue weighted by Crippen LogP contribution is 2.29. The molecule has 0 heterocycles. The number of hydrogen-bond donors (Lipinski definition) is 0. The molecule has 0 aromatic heterocycles. The Kier molecular flexibility index (Phi) is 4.70. The lowest BCUT2D eigenvalue weighted by atomic mass is 9.85. The fourth-order valence-corrected chi connectivity index (χ4v) is 3.17. The predicted molar refractivity (Wildman–Crippen MR) is 75.9 cm³/mol. The normalized spacial score (nSPS) is 23.0. The first-order valence-corrected chi connectivity index (χ1v) is 7.12. The van der Waals surface area contributed by atoms with Gasteiger partial charge in [0.25, 0.3) is 0 Å². The van der Waals surface area contributed by atoms with Gasteiger partial charge in [-0.3, -0.25) is 15.0 Å². The molecule has 20 heavy (non-hydrogen) atoms. The third-order valence-corrected chi connectivity index (χ3v) is 4.31. The Balaban J connectivity index is 2.13. The molecular formula is C15H21FN2O2. The molecule has 1 aliphatic rings.